The van der Waals surface area contributed by atoms with Crippen LogP contribution in [0.3, 0.4) is 0 Å². The van der Waals surface area contributed by atoms with Gasteiger partial charge in [0.1, 0.15) is 0 Å². The molecule has 5 rings (SSSR count). The lowest BCUT2D eigenvalue weighted by molar-refractivity contribution is 0.0988. The van der Waals surface area contributed by atoms with Crippen LogP contribution in [0.25, 0.3) is 21.0 Å². The van der Waals surface area contributed by atoms with E-state index in [1.807, 2.05) is 58.1 Å². The molecule has 0 saturated carbocycles. The zero-order valence-electron chi connectivity index (χ0n) is 18.2. The van der Waals surface area contributed by atoms with Crippen LogP contribution in [0.5, 0.6) is 0 Å². The van der Waals surface area contributed by atoms with E-state index >= 15 is 0 Å². The molecule has 0 aliphatic rings. The van der Waals surface area contributed by atoms with Crippen LogP contribution >= 0.6 is 11.3 Å². The van der Waals surface area contributed by atoms with Gasteiger partial charge in [0, 0.05) is 31.0 Å². The van der Waals surface area contributed by atoms with E-state index in [1.54, 1.807) is 23.9 Å². The van der Waals surface area contributed by atoms with E-state index in [0.29, 0.717) is 12.1 Å². The Bertz CT molecular complexity index is 1360. The van der Waals surface area contributed by atoms with Crippen molar-refractivity contribution in [2.24, 2.45) is 0 Å². The number of anilines is 1. The van der Waals surface area contributed by atoms with E-state index in [-0.39, 0.29) is 5.91 Å². The predicted octanol–water partition coefficient (Wildman–Crippen LogP) is 6.00. The number of rotatable bonds is 6. The molecule has 0 fully saturated rings. The normalized spacial score (nSPS) is 11.3. The number of carbonyl (C=O) groups excluding carboxylic acids is 1. The lowest BCUT2D eigenvalue weighted by Gasteiger charge is -2.21. The lowest BCUT2D eigenvalue weighted by atomic mass is 10.0. The summed E-state index contributed by atoms with van der Waals surface area (Å²) in [5.41, 5.74) is 4.00. The van der Waals surface area contributed by atoms with E-state index < -0.39 is 0 Å². The van der Waals surface area contributed by atoms with Gasteiger partial charge in [-0.3, -0.25) is 9.69 Å². The maximum atomic E-state index is 13.9. The zero-order chi connectivity index (χ0) is 22.1. The highest BCUT2D eigenvalue weighted by molar-refractivity contribution is 7.22. The summed E-state index contributed by atoms with van der Waals surface area (Å²) in [4.78, 5) is 24.8. The summed E-state index contributed by atoms with van der Waals surface area (Å²) >= 11 is 1.60. The first kappa shape index (κ1) is 20.4. The topological polar surface area (TPSA) is 51.0 Å². The Labute approximate surface area is 191 Å². The first-order chi connectivity index (χ1) is 15.6. The minimum absolute atomic E-state index is 0.0122. The van der Waals surface area contributed by atoms with Crippen LogP contribution < -0.4 is 4.90 Å². The fourth-order valence-corrected chi connectivity index (χ4v) is 5.17. The molecular weight excluding hydrogens is 416 g/mol. The van der Waals surface area contributed by atoms with Crippen molar-refractivity contribution in [2.45, 2.75) is 26.8 Å². The zero-order valence-corrected chi connectivity index (χ0v) is 19.0. The van der Waals surface area contributed by atoms with Crippen molar-refractivity contribution in [3.63, 3.8) is 0 Å². The van der Waals surface area contributed by atoms with Crippen molar-refractivity contribution in [2.75, 3.05) is 11.4 Å². The molecule has 2 heterocycles. The van der Waals surface area contributed by atoms with Gasteiger partial charge < -0.3 is 4.57 Å². The van der Waals surface area contributed by atoms with E-state index in [4.69, 9.17) is 4.98 Å². The van der Waals surface area contributed by atoms with Crippen LogP contribution in [0.15, 0.2) is 73.3 Å². The third-order valence-electron chi connectivity index (χ3n) is 5.78. The third-order valence-corrected chi connectivity index (χ3v) is 7.00. The van der Waals surface area contributed by atoms with E-state index in [2.05, 4.69) is 31.0 Å². The monoisotopic (exact) mass is 440 g/mol. The molecular formula is C26H24N4OS. The summed E-state index contributed by atoms with van der Waals surface area (Å²) < 4.78 is 3.18. The summed E-state index contributed by atoms with van der Waals surface area (Å²) in [6.45, 7) is 5.54. The Morgan fingerprint density at radius 1 is 1.03 bits per heavy atom. The highest BCUT2D eigenvalue weighted by atomic mass is 32.1. The quantitative estimate of drug-likeness (QED) is 0.325. The van der Waals surface area contributed by atoms with Gasteiger partial charge in [-0.25, -0.2) is 9.97 Å². The average molecular weight is 441 g/mol. The standard InChI is InChI=1S/C26H24N4OS/c1-18-11-12-19(2)24-23(18)28-26(32-24)30(15-6-14-29-16-13-27-17-29)25(31)22-10-5-8-20-7-3-4-9-21(20)22/h3-5,7-13,16-17H,6,14-15H2,1-2H3. The van der Waals surface area contributed by atoms with Crippen LogP contribution in [-0.2, 0) is 6.54 Å². The van der Waals surface area contributed by atoms with Crippen molar-refractivity contribution in [1.29, 1.82) is 0 Å². The Balaban J connectivity index is 1.55. The number of carbonyl (C=O) groups is 1. The van der Waals surface area contributed by atoms with Crippen LogP contribution in [-0.4, -0.2) is 27.0 Å². The SMILES string of the molecule is Cc1ccc(C)c2sc(N(CCCn3ccnc3)C(=O)c3cccc4ccccc34)nc12. The number of thiazole rings is 1. The number of imidazole rings is 1. The van der Waals surface area contributed by atoms with Crippen molar-refractivity contribution < 1.29 is 4.79 Å². The smallest absolute Gasteiger partial charge is 0.260 e. The lowest BCUT2D eigenvalue weighted by Crippen LogP contribution is -2.32. The van der Waals surface area contributed by atoms with Gasteiger partial charge in [-0.2, -0.15) is 0 Å². The highest BCUT2D eigenvalue weighted by Crippen LogP contribution is 2.34. The molecule has 0 bridgehead atoms. The maximum absolute atomic E-state index is 13.9. The highest BCUT2D eigenvalue weighted by Gasteiger charge is 2.23. The van der Waals surface area contributed by atoms with E-state index in [0.717, 1.165) is 44.6 Å². The van der Waals surface area contributed by atoms with Gasteiger partial charge in [0.25, 0.3) is 5.91 Å². The Morgan fingerprint density at radius 2 is 1.84 bits per heavy atom. The predicted molar refractivity (Wildman–Crippen MR) is 132 cm³/mol. The molecule has 32 heavy (non-hydrogen) atoms. The van der Waals surface area contributed by atoms with Crippen LogP contribution in [0.2, 0.25) is 0 Å². The second kappa shape index (κ2) is 8.55. The van der Waals surface area contributed by atoms with Gasteiger partial charge in [-0.1, -0.05) is 59.9 Å². The Hall–Kier alpha value is -3.51. The van der Waals surface area contributed by atoms with Crippen LogP contribution in [0.1, 0.15) is 27.9 Å². The summed E-state index contributed by atoms with van der Waals surface area (Å²) in [5.74, 6) is -0.0122. The van der Waals surface area contributed by atoms with Gasteiger partial charge in [0.15, 0.2) is 5.13 Å². The summed E-state index contributed by atoms with van der Waals surface area (Å²) in [6.07, 6.45) is 6.33. The number of nitrogens with zero attached hydrogens (tertiary/aromatic N) is 4. The first-order valence-electron chi connectivity index (χ1n) is 10.7. The number of amides is 1. The van der Waals surface area contributed by atoms with Crippen LogP contribution in [0, 0.1) is 13.8 Å². The molecule has 0 atom stereocenters. The van der Waals surface area contributed by atoms with Crippen molar-refractivity contribution in [3.8, 4) is 0 Å². The molecule has 0 spiro atoms. The van der Waals surface area contributed by atoms with Gasteiger partial charge in [0.2, 0.25) is 0 Å². The number of hydrogen-bond acceptors (Lipinski definition) is 4. The molecule has 0 saturated heterocycles. The molecule has 5 aromatic rings. The number of benzene rings is 3. The Morgan fingerprint density at radius 3 is 2.66 bits per heavy atom. The summed E-state index contributed by atoms with van der Waals surface area (Å²) in [5, 5.41) is 2.78. The summed E-state index contributed by atoms with van der Waals surface area (Å²) in [7, 11) is 0. The van der Waals surface area contributed by atoms with E-state index in [1.165, 1.54) is 5.56 Å². The van der Waals surface area contributed by atoms with Gasteiger partial charge >= 0.3 is 0 Å². The average Bonchev–Trinajstić information content (AvgIpc) is 3.49. The number of fused-ring (bicyclic) bond motifs is 2. The molecule has 0 aliphatic heterocycles. The molecule has 2 aromatic heterocycles. The molecule has 0 unspecified atom stereocenters. The minimum atomic E-state index is -0.0122. The van der Waals surface area contributed by atoms with Gasteiger partial charge in [-0.15, -0.1) is 0 Å². The number of aryl methyl sites for hydroxylation is 3. The first-order valence-corrected chi connectivity index (χ1v) is 11.6. The third kappa shape index (κ3) is 3.78. The molecule has 0 N–H and O–H groups in total. The molecule has 3 aromatic carbocycles. The van der Waals surface area contributed by atoms with E-state index in [9.17, 15) is 4.79 Å². The second-order valence-electron chi connectivity index (χ2n) is 8.01. The molecule has 0 radical (unpaired) electrons. The molecule has 1 amide bonds. The largest absolute Gasteiger partial charge is 0.337 e. The maximum Gasteiger partial charge on any atom is 0.260 e. The van der Waals surface area contributed by atoms with Crippen molar-refractivity contribution in [3.05, 3.63) is 90.0 Å². The molecule has 160 valence electrons. The minimum Gasteiger partial charge on any atom is -0.337 e. The van der Waals surface area contributed by atoms with Crippen molar-refractivity contribution >= 4 is 43.4 Å². The second-order valence-corrected chi connectivity index (χ2v) is 8.99. The fraction of sp³-hybridized carbons (Fsp3) is 0.192. The van der Waals surface area contributed by atoms with Gasteiger partial charge in [0.05, 0.1) is 16.5 Å². The summed E-state index contributed by atoms with van der Waals surface area (Å²) in [6, 6.07) is 18.2. The molecule has 5 nitrogen and oxygen atoms in total. The number of hydrogen-bond donors (Lipinski definition) is 0. The van der Waals surface area contributed by atoms with Crippen LogP contribution in [0.4, 0.5) is 5.13 Å². The fourth-order valence-electron chi connectivity index (χ4n) is 4.04. The Kier molecular flexibility index (Phi) is 5.45. The van der Waals surface area contributed by atoms with Crippen molar-refractivity contribution in [1.82, 2.24) is 14.5 Å². The molecule has 0 aliphatic carbocycles. The van der Waals surface area contributed by atoms with Gasteiger partial charge in [-0.05, 0) is 48.2 Å². The number of aromatic nitrogens is 3. The molecule has 6 heteroatoms.